The largest absolute Gasteiger partial charge is 0.250 e. The van der Waals surface area contributed by atoms with Crippen molar-refractivity contribution in [3.05, 3.63) is 68.7 Å². The first-order valence-corrected chi connectivity index (χ1v) is 7.98. The number of benzene rings is 2. The fraction of sp³-hybridized carbons (Fsp3) is 0.0625. The van der Waals surface area contributed by atoms with Crippen molar-refractivity contribution in [2.45, 2.75) is 6.92 Å². The second-order valence-corrected chi connectivity index (χ2v) is 6.25. The zero-order valence-electron chi connectivity index (χ0n) is 12.1. The highest BCUT2D eigenvalue weighted by Gasteiger charge is 2.08. The minimum Gasteiger partial charge on any atom is -0.250 e. The fourth-order valence-electron chi connectivity index (χ4n) is 2.10. The summed E-state index contributed by atoms with van der Waals surface area (Å²) in [6.45, 7) is 2.00. The molecule has 23 heavy (non-hydrogen) atoms. The van der Waals surface area contributed by atoms with Gasteiger partial charge in [0.2, 0.25) is 4.77 Å². The number of aryl methyl sites for hydroxylation is 1. The molecule has 0 saturated carbocycles. The predicted octanol–water partition coefficient (Wildman–Crippen LogP) is 4.70. The number of H-pyrrole nitrogens is 1. The highest BCUT2D eigenvalue weighted by molar-refractivity contribution is 9.10. The van der Waals surface area contributed by atoms with Gasteiger partial charge in [0.25, 0.3) is 0 Å². The lowest BCUT2D eigenvalue weighted by Crippen LogP contribution is -1.96. The number of halogens is 2. The van der Waals surface area contributed by atoms with E-state index in [0.717, 1.165) is 15.6 Å². The lowest BCUT2D eigenvalue weighted by molar-refractivity contribution is 0.625. The van der Waals surface area contributed by atoms with Gasteiger partial charge in [-0.3, -0.25) is 0 Å². The van der Waals surface area contributed by atoms with E-state index in [0.29, 0.717) is 16.2 Å². The first-order chi connectivity index (χ1) is 11.0. The van der Waals surface area contributed by atoms with Gasteiger partial charge in [-0.1, -0.05) is 39.7 Å². The van der Waals surface area contributed by atoms with Crippen LogP contribution in [0.25, 0.3) is 11.4 Å². The van der Waals surface area contributed by atoms with Crippen LogP contribution >= 0.6 is 28.1 Å². The standard InChI is InChI=1S/C16H12BrFN4S/c1-10-3-2-4-11(7-10)15-20-21-16(23)22(15)19-9-12-8-13(17)5-6-14(12)18/h2-9H,1H3,(H,21,23)/b19-9+. The number of nitrogens with one attached hydrogen (secondary N) is 1. The van der Waals surface area contributed by atoms with Crippen LogP contribution in [0.4, 0.5) is 4.39 Å². The first kappa shape index (κ1) is 15.8. The number of rotatable bonds is 3. The molecule has 116 valence electrons. The summed E-state index contributed by atoms with van der Waals surface area (Å²) in [7, 11) is 0. The molecule has 3 aromatic rings. The molecule has 0 saturated heterocycles. The van der Waals surface area contributed by atoms with Crippen molar-refractivity contribution < 1.29 is 4.39 Å². The van der Waals surface area contributed by atoms with Gasteiger partial charge in [0.05, 0.1) is 6.21 Å². The van der Waals surface area contributed by atoms with Crippen LogP contribution in [0, 0.1) is 17.5 Å². The molecule has 7 heteroatoms. The van der Waals surface area contributed by atoms with E-state index in [4.69, 9.17) is 12.2 Å². The molecule has 3 rings (SSSR count). The zero-order chi connectivity index (χ0) is 16.4. The number of nitrogens with zero attached hydrogens (tertiary/aromatic N) is 3. The summed E-state index contributed by atoms with van der Waals surface area (Å²) in [4.78, 5) is 0. The summed E-state index contributed by atoms with van der Waals surface area (Å²) in [6, 6.07) is 12.5. The molecule has 1 aromatic heterocycles. The summed E-state index contributed by atoms with van der Waals surface area (Å²) < 4.78 is 16.4. The van der Waals surface area contributed by atoms with E-state index < -0.39 is 0 Å². The third-order valence-electron chi connectivity index (χ3n) is 3.20. The monoisotopic (exact) mass is 390 g/mol. The molecule has 1 N–H and O–H groups in total. The van der Waals surface area contributed by atoms with Crippen LogP contribution in [-0.4, -0.2) is 21.1 Å². The molecule has 2 aromatic carbocycles. The zero-order valence-corrected chi connectivity index (χ0v) is 14.5. The number of aromatic nitrogens is 3. The number of hydrogen-bond acceptors (Lipinski definition) is 3. The maximum atomic E-state index is 13.8. The Kier molecular flexibility index (Phi) is 4.49. The maximum Gasteiger partial charge on any atom is 0.216 e. The summed E-state index contributed by atoms with van der Waals surface area (Å²) >= 11 is 8.52. The average Bonchev–Trinajstić information content (AvgIpc) is 2.89. The minimum atomic E-state index is -0.357. The molecule has 0 unspecified atom stereocenters. The fourth-order valence-corrected chi connectivity index (χ4v) is 2.66. The topological polar surface area (TPSA) is 46.0 Å². The Labute approximate surface area is 145 Å². The summed E-state index contributed by atoms with van der Waals surface area (Å²) in [6.07, 6.45) is 1.42. The molecule has 0 radical (unpaired) electrons. The molecule has 0 fully saturated rings. The Balaban J connectivity index is 2.04. The van der Waals surface area contributed by atoms with E-state index in [1.165, 1.54) is 17.0 Å². The van der Waals surface area contributed by atoms with Gasteiger partial charge in [-0.2, -0.15) is 14.9 Å². The van der Waals surface area contributed by atoms with E-state index in [1.807, 2.05) is 31.2 Å². The molecule has 1 heterocycles. The van der Waals surface area contributed by atoms with Crippen LogP contribution in [0.2, 0.25) is 0 Å². The van der Waals surface area contributed by atoms with Crippen LogP contribution < -0.4 is 0 Å². The van der Waals surface area contributed by atoms with Gasteiger partial charge >= 0.3 is 0 Å². The van der Waals surface area contributed by atoms with Crippen molar-refractivity contribution in [1.82, 2.24) is 14.9 Å². The molecule has 0 aliphatic carbocycles. The van der Waals surface area contributed by atoms with Gasteiger partial charge in [0.15, 0.2) is 5.82 Å². The molecular formula is C16H12BrFN4S. The third-order valence-corrected chi connectivity index (χ3v) is 3.95. The van der Waals surface area contributed by atoms with Crippen molar-refractivity contribution >= 4 is 34.4 Å². The second kappa shape index (κ2) is 6.55. The molecule has 0 aliphatic heterocycles. The van der Waals surface area contributed by atoms with E-state index >= 15 is 0 Å². The second-order valence-electron chi connectivity index (χ2n) is 4.94. The van der Waals surface area contributed by atoms with Crippen LogP contribution in [-0.2, 0) is 0 Å². The first-order valence-electron chi connectivity index (χ1n) is 6.78. The van der Waals surface area contributed by atoms with Crippen LogP contribution in [0.15, 0.2) is 52.0 Å². The molecule has 0 aliphatic rings. The van der Waals surface area contributed by atoms with Gasteiger partial charge in [0.1, 0.15) is 5.82 Å². The van der Waals surface area contributed by atoms with Gasteiger partial charge in [0, 0.05) is 15.6 Å². The van der Waals surface area contributed by atoms with Crippen molar-refractivity contribution in [3.63, 3.8) is 0 Å². The summed E-state index contributed by atoms with van der Waals surface area (Å²) in [5, 5.41) is 11.2. The van der Waals surface area contributed by atoms with Gasteiger partial charge in [-0.25, -0.2) is 9.49 Å². The van der Waals surface area contributed by atoms with Crippen molar-refractivity contribution in [2.75, 3.05) is 0 Å². The van der Waals surface area contributed by atoms with Crippen molar-refractivity contribution in [2.24, 2.45) is 5.10 Å². The Morgan fingerprint density at radius 3 is 2.91 bits per heavy atom. The molecule has 0 spiro atoms. The Bertz CT molecular complexity index is 945. The van der Waals surface area contributed by atoms with E-state index in [9.17, 15) is 4.39 Å². The Morgan fingerprint density at radius 2 is 2.13 bits per heavy atom. The van der Waals surface area contributed by atoms with Gasteiger partial charge in [-0.05, 0) is 43.4 Å². The SMILES string of the molecule is Cc1cccc(-c2n[nH]c(=S)n2/N=C/c2cc(Br)ccc2F)c1. The Hall–Kier alpha value is -2.12. The van der Waals surface area contributed by atoms with E-state index in [2.05, 4.69) is 31.2 Å². The normalized spacial score (nSPS) is 11.3. The van der Waals surface area contributed by atoms with Gasteiger partial charge in [-0.15, -0.1) is 0 Å². The minimum absolute atomic E-state index is 0.341. The molecule has 0 bridgehead atoms. The smallest absolute Gasteiger partial charge is 0.216 e. The molecule has 0 atom stereocenters. The number of aromatic amines is 1. The molecule has 4 nitrogen and oxygen atoms in total. The summed E-state index contributed by atoms with van der Waals surface area (Å²) in [5.74, 6) is 0.217. The maximum absolute atomic E-state index is 13.8. The van der Waals surface area contributed by atoms with Crippen LogP contribution in [0.3, 0.4) is 0 Å². The van der Waals surface area contributed by atoms with Crippen LogP contribution in [0.1, 0.15) is 11.1 Å². The third kappa shape index (κ3) is 3.46. The highest BCUT2D eigenvalue weighted by atomic mass is 79.9. The summed E-state index contributed by atoms with van der Waals surface area (Å²) in [5.41, 5.74) is 2.34. The average molecular weight is 391 g/mol. The van der Waals surface area contributed by atoms with Crippen molar-refractivity contribution in [1.29, 1.82) is 0 Å². The van der Waals surface area contributed by atoms with Crippen LogP contribution in [0.5, 0.6) is 0 Å². The lowest BCUT2D eigenvalue weighted by Gasteiger charge is -2.02. The Morgan fingerprint density at radius 1 is 1.30 bits per heavy atom. The van der Waals surface area contributed by atoms with E-state index in [-0.39, 0.29) is 5.82 Å². The molecule has 0 amide bonds. The predicted molar refractivity (Wildman–Crippen MR) is 94.7 cm³/mol. The van der Waals surface area contributed by atoms with Crippen molar-refractivity contribution in [3.8, 4) is 11.4 Å². The number of hydrogen-bond donors (Lipinski definition) is 1. The quantitative estimate of drug-likeness (QED) is 0.520. The van der Waals surface area contributed by atoms with E-state index in [1.54, 1.807) is 12.1 Å². The molecular weight excluding hydrogens is 379 g/mol. The highest BCUT2D eigenvalue weighted by Crippen LogP contribution is 2.19. The lowest BCUT2D eigenvalue weighted by atomic mass is 10.1. The van der Waals surface area contributed by atoms with Gasteiger partial charge < -0.3 is 0 Å².